The molecule has 3 aromatic heterocycles. The minimum Gasteiger partial charge on any atom is -0.344 e. The Morgan fingerprint density at radius 2 is 0.757 bits per heavy atom. The summed E-state index contributed by atoms with van der Waals surface area (Å²) in [4.78, 5) is 57.7. The van der Waals surface area contributed by atoms with Crippen LogP contribution in [0.5, 0.6) is 0 Å². The molecule has 0 saturated heterocycles. The van der Waals surface area contributed by atoms with Crippen molar-refractivity contribution in [2.24, 2.45) is 0 Å². The number of nitro groups is 4. The van der Waals surface area contributed by atoms with Gasteiger partial charge >= 0.3 is 22.7 Å². The molecule has 3 aromatic rings. The first kappa shape index (κ1) is 24.8. The van der Waals surface area contributed by atoms with E-state index in [1.807, 2.05) is 0 Å². The molecule has 0 saturated carbocycles. The Balaban J connectivity index is 0.00000320. The van der Waals surface area contributed by atoms with Gasteiger partial charge in [-0.2, -0.15) is 0 Å². The normalized spacial score (nSPS) is 11.7. The van der Waals surface area contributed by atoms with Crippen LogP contribution < -0.4 is 0 Å². The summed E-state index contributed by atoms with van der Waals surface area (Å²) >= 11 is 0. The molecule has 37 heavy (non-hydrogen) atoms. The Morgan fingerprint density at radius 3 is 1.05 bits per heavy atom. The first-order chi connectivity index (χ1) is 17.2. The van der Waals surface area contributed by atoms with Gasteiger partial charge in [0.05, 0.1) is 19.7 Å². The van der Waals surface area contributed by atoms with Gasteiger partial charge in [-0.15, -0.1) is 0 Å². The number of hydrogen-bond donors (Lipinski definition) is 2. The summed E-state index contributed by atoms with van der Waals surface area (Å²) in [6.45, 7) is 0. The van der Waals surface area contributed by atoms with Crippen molar-refractivity contribution >= 4 is 69.1 Å². The van der Waals surface area contributed by atoms with Crippen LogP contribution in [0.25, 0.3) is 46.4 Å². The maximum absolute atomic E-state index is 11.9. The Kier molecular flexibility index (Phi) is 6.08. The van der Waals surface area contributed by atoms with Crippen LogP contribution in [0.4, 0.5) is 22.7 Å². The van der Waals surface area contributed by atoms with Crippen LogP contribution in [-0.4, -0.2) is 39.6 Å². The van der Waals surface area contributed by atoms with E-state index in [9.17, 15) is 40.5 Å². The predicted octanol–water partition coefficient (Wildman–Crippen LogP) is 4.29. The van der Waals surface area contributed by atoms with Crippen LogP contribution in [0, 0.1) is 40.5 Å². The second-order valence-electron chi connectivity index (χ2n) is 7.43. The van der Waals surface area contributed by atoms with Crippen LogP contribution >= 0.6 is 0 Å². The molecule has 0 spiro atoms. The summed E-state index contributed by atoms with van der Waals surface area (Å²) in [5, 5.41) is 47.5. The van der Waals surface area contributed by atoms with Crippen molar-refractivity contribution in [3.8, 4) is 0 Å². The van der Waals surface area contributed by atoms with Crippen LogP contribution in [0.3, 0.4) is 0 Å². The summed E-state index contributed by atoms with van der Waals surface area (Å²) < 4.78 is 0. The SMILES string of the molecule is O=[N+]([O-])c1c2nc(c([N+](=O)[O-])c3ccc([nH]3)c([N+](=O)[O-])c3ccc([nH]3)c([N+](=O)[O-])c3nc1C=C3)C=C2.[Fe]. The number of nitrogens with zero attached hydrogens (tertiary/aromatic N) is 6. The van der Waals surface area contributed by atoms with Crippen LogP contribution in [-0.2, 0) is 17.1 Å². The number of nitrogens with one attached hydrogen (secondary N) is 2. The minimum atomic E-state index is -0.795. The maximum Gasteiger partial charge on any atom is 0.320 e. The zero-order valence-corrected chi connectivity index (χ0v) is 19.0. The van der Waals surface area contributed by atoms with E-state index in [1.54, 1.807) is 0 Å². The zero-order chi connectivity index (χ0) is 25.7. The molecule has 2 aliphatic heterocycles. The van der Waals surface area contributed by atoms with Gasteiger partial charge in [0.15, 0.2) is 0 Å². The smallest absolute Gasteiger partial charge is 0.320 e. The fraction of sp³-hybridized carbons (Fsp3) is 0. The van der Waals surface area contributed by atoms with Crippen molar-refractivity contribution < 1.29 is 36.8 Å². The monoisotopic (exact) mass is 546 g/mol. The molecule has 5 heterocycles. The Hall–Kier alpha value is -5.28. The van der Waals surface area contributed by atoms with Crippen LogP contribution in [0.15, 0.2) is 24.3 Å². The molecule has 8 bridgehead atoms. The summed E-state index contributed by atoms with van der Waals surface area (Å²) in [6.07, 6.45) is 4.72. The fourth-order valence-electron chi connectivity index (χ4n) is 3.91. The summed E-state index contributed by atoms with van der Waals surface area (Å²) in [5.41, 5.74) is -3.86. The molecule has 0 unspecified atom stereocenters. The van der Waals surface area contributed by atoms with E-state index in [0.717, 1.165) is 0 Å². The van der Waals surface area contributed by atoms with Gasteiger partial charge in [0.1, 0.15) is 44.8 Å². The first-order valence-corrected chi connectivity index (χ1v) is 9.89. The Labute approximate surface area is 213 Å². The second-order valence-corrected chi connectivity index (χ2v) is 7.43. The van der Waals surface area contributed by atoms with Gasteiger partial charge in [0, 0.05) is 17.1 Å². The molecule has 0 fully saturated rings. The molecular formula is C20H10FeN8O8. The van der Waals surface area contributed by atoms with Crippen molar-refractivity contribution in [2.45, 2.75) is 0 Å². The molecule has 0 radical (unpaired) electrons. The third-order valence-corrected chi connectivity index (χ3v) is 5.37. The standard InChI is InChI=1S/C20H10N8O8.Fe/c29-25(30)17-9-1-2-10(21-9)18(26(31)32)12-5-6-14(23-12)20(28(35)36)16-8-7-15(24-16)19(27(33)34)13-4-3-11(17)22-13;/h1-8,21-22H;. The largest absolute Gasteiger partial charge is 0.344 e. The van der Waals surface area contributed by atoms with Crippen molar-refractivity contribution in [3.63, 3.8) is 0 Å². The number of aromatic amines is 2. The average molecular weight is 546 g/mol. The molecule has 0 amide bonds. The number of rotatable bonds is 4. The number of H-pyrrole nitrogens is 2. The van der Waals surface area contributed by atoms with E-state index >= 15 is 0 Å². The van der Waals surface area contributed by atoms with Gasteiger partial charge in [-0.25, -0.2) is 9.97 Å². The van der Waals surface area contributed by atoms with Gasteiger partial charge in [0.2, 0.25) is 0 Å². The summed E-state index contributed by atoms with van der Waals surface area (Å²) in [6, 6.07) is 4.92. The molecule has 2 N–H and O–H groups in total. The van der Waals surface area contributed by atoms with Gasteiger partial charge < -0.3 is 9.97 Å². The molecule has 186 valence electrons. The fourth-order valence-corrected chi connectivity index (χ4v) is 3.91. The first-order valence-electron chi connectivity index (χ1n) is 9.89. The summed E-state index contributed by atoms with van der Waals surface area (Å²) in [7, 11) is 0. The van der Waals surface area contributed by atoms with E-state index in [4.69, 9.17) is 0 Å². The van der Waals surface area contributed by atoms with E-state index in [2.05, 4.69) is 19.9 Å². The van der Waals surface area contributed by atoms with Gasteiger partial charge in [-0.1, -0.05) is 0 Å². The van der Waals surface area contributed by atoms with E-state index in [0.29, 0.717) is 0 Å². The molecule has 2 aliphatic rings. The number of fused-ring (bicyclic) bond motifs is 8. The van der Waals surface area contributed by atoms with Crippen molar-refractivity contribution in [3.05, 3.63) is 87.5 Å². The maximum atomic E-state index is 11.9. The third kappa shape index (κ3) is 4.09. The number of hydrogen-bond acceptors (Lipinski definition) is 10. The van der Waals surface area contributed by atoms with Crippen molar-refractivity contribution in [2.75, 3.05) is 0 Å². The second kappa shape index (κ2) is 9.06. The summed E-state index contributed by atoms with van der Waals surface area (Å²) in [5.74, 6) is 0. The quantitative estimate of drug-likeness (QED) is 0.184. The topological polar surface area (TPSA) is 230 Å². The molecule has 17 heteroatoms. The molecular weight excluding hydrogens is 536 g/mol. The van der Waals surface area contributed by atoms with E-state index < -0.39 is 42.4 Å². The zero-order valence-electron chi connectivity index (χ0n) is 17.9. The molecule has 0 atom stereocenters. The van der Waals surface area contributed by atoms with Crippen LogP contribution in [0.2, 0.25) is 0 Å². The van der Waals surface area contributed by atoms with E-state index in [1.165, 1.54) is 48.6 Å². The number of aromatic nitrogens is 4. The van der Waals surface area contributed by atoms with Gasteiger partial charge in [-0.05, 0) is 48.6 Å². The Morgan fingerprint density at radius 1 is 0.486 bits per heavy atom. The van der Waals surface area contributed by atoms with Crippen molar-refractivity contribution in [1.82, 2.24) is 19.9 Å². The van der Waals surface area contributed by atoms with Crippen molar-refractivity contribution in [1.29, 1.82) is 0 Å². The minimum absolute atomic E-state index is 0. The third-order valence-electron chi connectivity index (χ3n) is 5.37. The van der Waals surface area contributed by atoms with Gasteiger partial charge in [0.25, 0.3) is 0 Å². The molecule has 0 aromatic carbocycles. The Bertz CT molecular complexity index is 1660. The average Bonchev–Trinajstić information content (AvgIpc) is 3.57. The van der Waals surface area contributed by atoms with Crippen LogP contribution in [0.1, 0.15) is 22.8 Å². The van der Waals surface area contributed by atoms with E-state index in [-0.39, 0.29) is 61.9 Å². The molecule has 5 rings (SSSR count). The predicted molar refractivity (Wildman–Crippen MR) is 125 cm³/mol. The molecule has 16 nitrogen and oxygen atoms in total. The molecule has 0 aliphatic carbocycles. The van der Waals surface area contributed by atoms with Gasteiger partial charge in [-0.3, -0.25) is 40.5 Å².